The molecule has 0 radical (unpaired) electrons. The molecular formula is C23H28FN3O3. The molecule has 160 valence electrons. The molecule has 0 aromatic heterocycles. The molecule has 0 bridgehead atoms. The Kier molecular flexibility index (Phi) is 6.84. The quantitative estimate of drug-likeness (QED) is 0.790. The Morgan fingerprint density at radius 2 is 1.80 bits per heavy atom. The van der Waals surface area contributed by atoms with Gasteiger partial charge in [-0.25, -0.2) is 4.39 Å². The van der Waals surface area contributed by atoms with E-state index in [2.05, 4.69) is 18.7 Å². The van der Waals surface area contributed by atoms with E-state index in [-0.39, 0.29) is 18.1 Å². The number of amides is 2. The molecule has 1 saturated heterocycles. The van der Waals surface area contributed by atoms with E-state index in [0.29, 0.717) is 11.1 Å². The SMILES string of the molecule is CC1CN(Cc2ccc(C(=O)N(C)C(C(N)=O)c3cccc(F)c3)cc2)CC(C)O1. The highest BCUT2D eigenvalue weighted by atomic mass is 19.1. The maximum absolute atomic E-state index is 13.6. The summed E-state index contributed by atoms with van der Waals surface area (Å²) in [4.78, 5) is 28.5. The van der Waals surface area contributed by atoms with Gasteiger partial charge in [0.1, 0.15) is 11.9 Å². The van der Waals surface area contributed by atoms with Crippen molar-refractivity contribution in [2.45, 2.75) is 38.6 Å². The van der Waals surface area contributed by atoms with Crippen LogP contribution in [0.15, 0.2) is 48.5 Å². The van der Waals surface area contributed by atoms with Gasteiger partial charge >= 0.3 is 0 Å². The van der Waals surface area contributed by atoms with Gasteiger partial charge in [0.05, 0.1) is 12.2 Å². The molecule has 0 saturated carbocycles. The fourth-order valence-electron chi connectivity index (χ4n) is 4.00. The maximum Gasteiger partial charge on any atom is 0.254 e. The third kappa shape index (κ3) is 5.23. The number of nitrogens with zero attached hydrogens (tertiary/aromatic N) is 2. The molecule has 3 unspecified atom stereocenters. The van der Waals surface area contributed by atoms with Crippen LogP contribution in [0.25, 0.3) is 0 Å². The second-order valence-corrected chi connectivity index (χ2v) is 7.92. The van der Waals surface area contributed by atoms with Crippen molar-refractivity contribution in [2.24, 2.45) is 5.73 Å². The van der Waals surface area contributed by atoms with Crippen molar-refractivity contribution in [3.63, 3.8) is 0 Å². The first-order valence-corrected chi connectivity index (χ1v) is 10.0. The van der Waals surface area contributed by atoms with E-state index in [1.54, 1.807) is 18.2 Å². The second-order valence-electron chi connectivity index (χ2n) is 7.92. The zero-order valence-electron chi connectivity index (χ0n) is 17.5. The maximum atomic E-state index is 13.6. The summed E-state index contributed by atoms with van der Waals surface area (Å²) in [7, 11) is 1.49. The Bertz CT molecular complexity index is 893. The zero-order chi connectivity index (χ0) is 21.8. The summed E-state index contributed by atoms with van der Waals surface area (Å²) in [6.07, 6.45) is 0.383. The van der Waals surface area contributed by atoms with Crippen LogP contribution in [-0.4, -0.2) is 54.0 Å². The number of halogens is 1. The topological polar surface area (TPSA) is 75.9 Å². The normalized spacial score (nSPS) is 20.5. The molecule has 6 nitrogen and oxygen atoms in total. The molecule has 7 heteroatoms. The largest absolute Gasteiger partial charge is 0.373 e. The molecule has 1 aliphatic heterocycles. The van der Waals surface area contributed by atoms with Gasteiger partial charge in [-0.1, -0.05) is 24.3 Å². The van der Waals surface area contributed by atoms with Crippen molar-refractivity contribution in [3.8, 4) is 0 Å². The van der Waals surface area contributed by atoms with Crippen molar-refractivity contribution in [1.82, 2.24) is 9.80 Å². The minimum absolute atomic E-state index is 0.191. The van der Waals surface area contributed by atoms with Gasteiger partial charge in [-0.3, -0.25) is 14.5 Å². The summed E-state index contributed by atoms with van der Waals surface area (Å²) in [6, 6.07) is 11.8. The van der Waals surface area contributed by atoms with E-state index >= 15 is 0 Å². The molecule has 3 rings (SSSR count). The summed E-state index contributed by atoms with van der Waals surface area (Å²) in [5, 5.41) is 0. The van der Waals surface area contributed by atoms with Crippen LogP contribution in [0.4, 0.5) is 4.39 Å². The number of likely N-dealkylation sites (N-methyl/N-ethyl adjacent to an activating group) is 1. The first-order chi connectivity index (χ1) is 14.2. The fraction of sp³-hybridized carbons (Fsp3) is 0.391. The van der Waals surface area contributed by atoms with E-state index in [9.17, 15) is 14.0 Å². The number of nitrogens with two attached hydrogens (primary N) is 1. The molecule has 2 N–H and O–H groups in total. The smallest absolute Gasteiger partial charge is 0.254 e. The summed E-state index contributed by atoms with van der Waals surface area (Å²) in [5.41, 5.74) is 7.38. The number of primary amides is 1. The van der Waals surface area contributed by atoms with Gasteiger partial charge in [0.15, 0.2) is 0 Å². The Labute approximate surface area is 176 Å². The van der Waals surface area contributed by atoms with Crippen LogP contribution in [0.2, 0.25) is 0 Å². The van der Waals surface area contributed by atoms with Crippen LogP contribution in [0, 0.1) is 5.82 Å². The van der Waals surface area contributed by atoms with E-state index in [0.717, 1.165) is 25.2 Å². The van der Waals surface area contributed by atoms with Crippen molar-refractivity contribution in [2.75, 3.05) is 20.1 Å². The van der Waals surface area contributed by atoms with Gasteiger partial charge in [0.25, 0.3) is 5.91 Å². The standard InChI is InChI=1S/C23H28FN3O3/c1-15-12-27(13-16(2)30-15)14-17-7-9-18(10-8-17)23(29)26(3)21(22(25)28)19-5-4-6-20(24)11-19/h4-11,15-16,21H,12-14H2,1-3H3,(H2,25,28). The number of carbonyl (C=O) groups excluding carboxylic acids is 2. The molecule has 1 aliphatic rings. The third-order valence-corrected chi connectivity index (χ3v) is 5.24. The number of carbonyl (C=O) groups is 2. The van der Waals surface area contributed by atoms with Crippen molar-refractivity contribution in [3.05, 3.63) is 71.0 Å². The monoisotopic (exact) mass is 413 g/mol. The Morgan fingerprint density at radius 1 is 1.17 bits per heavy atom. The lowest BCUT2D eigenvalue weighted by Crippen LogP contribution is -2.44. The lowest BCUT2D eigenvalue weighted by atomic mass is 10.0. The summed E-state index contributed by atoms with van der Waals surface area (Å²) in [6.45, 7) is 6.63. The molecule has 0 spiro atoms. The third-order valence-electron chi connectivity index (χ3n) is 5.24. The lowest BCUT2D eigenvalue weighted by molar-refractivity contribution is -0.122. The first kappa shape index (κ1) is 21.9. The predicted octanol–water partition coefficient (Wildman–Crippen LogP) is 2.73. The van der Waals surface area contributed by atoms with Gasteiger partial charge in [0.2, 0.25) is 5.91 Å². The Morgan fingerprint density at radius 3 is 2.37 bits per heavy atom. The van der Waals surface area contributed by atoms with Crippen LogP contribution < -0.4 is 5.73 Å². The molecule has 30 heavy (non-hydrogen) atoms. The van der Waals surface area contributed by atoms with Crippen LogP contribution in [-0.2, 0) is 16.1 Å². The Balaban J connectivity index is 1.72. The minimum atomic E-state index is -1.05. The number of ether oxygens (including phenoxy) is 1. The lowest BCUT2D eigenvalue weighted by Gasteiger charge is -2.35. The van der Waals surface area contributed by atoms with Gasteiger partial charge < -0.3 is 15.4 Å². The predicted molar refractivity (Wildman–Crippen MR) is 112 cm³/mol. The average molecular weight is 413 g/mol. The van der Waals surface area contributed by atoms with E-state index in [1.165, 1.54) is 30.1 Å². The van der Waals surface area contributed by atoms with Gasteiger partial charge in [0, 0.05) is 32.2 Å². The molecule has 1 fully saturated rings. The molecule has 0 aliphatic carbocycles. The molecular weight excluding hydrogens is 385 g/mol. The molecule has 3 atom stereocenters. The number of hydrogen-bond donors (Lipinski definition) is 1. The van der Waals surface area contributed by atoms with Crippen molar-refractivity contribution in [1.29, 1.82) is 0 Å². The molecule has 2 amide bonds. The van der Waals surface area contributed by atoms with Crippen molar-refractivity contribution < 1.29 is 18.7 Å². The van der Waals surface area contributed by atoms with E-state index in [4.69, 9.17) is 10.5 Å². The van der Waals surface area contributed by atoms with Crippen LogP contribution in [0.5, 0.6) is 0 Å². The molecule has 2 aromatic carbocycles. The fourth-order valence-corrected chi connectivity index (χ4v) is 4.00. The van der Waals surface area contributed by atoms with Gasteiger partial charge in [-0.2, -0.15) is 0 Å². The van der Waals surface area contributed by atoms with Crippen LogP contribution in [0.3, 0.4) is 0 Å². The number of benzene rings is 2. The summed E-state index contributed by atoms with van der Waals surface area (Å²) < 4.78 is 19.4. The second kappa shape index (κ2) is 9.36. The Hall–Kier alpha value is -2.77. The van der Waals surface area contributed by atoms with E-state index < -0.39 is 17.8 Å². The van der Waals surface area contributed by atoms with Crippen molar-refractivity contribution >= 4 is 11.8 Å². The minimum Gasteiger partial charge on any atom is -0.373 e. The summed E-state index contributed by atoms with van der Waals surface area (Å²) >= 11 is 0. The van der Waals surface area contributed by atoms with Crippen LogP contribution >= 0.6 is 0 Å². The van der Waals surface area contributed by atoms with E-state index in [1.807, 2.05) is 12.1 Å². The first-order valence-electron chi connectivity index (χ1n) is 10.0. The number of rotatable bonds is 6. The van der Waals surface area contributed by atoms with Gasteiger partial charge in [-0.15, -0.1) is 0 Å². The molecule has 2 aromatic rings. The number of hydrogen-bond acceptors (Lipinski definition) is 4. The number of morpholine rings is 1. The molecule has 1 heterocycles. The highest BCUT2D eigenvalue weighted by molar-refractivity contribution is 5.97. The average Bonchev–Trinajstić information content (AvgIpc) is 2.67. The zero-order valence-corrected chi connectivity index (χ0v) is 17.5. The van der Waals surface area contributed by atoms with Gasteiger partial charge in [-0.05, 0) is 49.2 Å². The highest BCUT2D eigenvalue weighted by Gasteiger charge is 2.28. The van der Waals surface area contributed by atoms with Crippen LogP contribution in [0.1, 0.15) is 41.4 Å². The highest BCUT2D eigenvalue weighted by Crippen LogP contribution is 2.22. The summed E-state index contributed by atoms with van der Waals surface area (Å²) in [5.74, 6) is -1.57.